The zero-order valence-corrected chi connectivity index (χ0v) is 11.0. The molecule has 1 unspecified atom stereocenters. The maximum Gasteiger partial charge on any atom is 0.131 e. The van der Waals surface area contributed by atoms with E-state index in [0.717, 1.165) is 25.2 Å². The summed E-state index contributed by atoms with van der Waals surface area (Å²) in [4.78, 5) is 11.6. The summed E-state index contributed by atoms with van der Waals surface area (Å²) in [6.45, 7) is 2.34. The molecule has 2 aliphatic rings. The molecular weight excluding hydrogens is 224 g/mol. The number of aromatic nitrogens is 2. The van der Waals surface area contributed by atoms with Crippen LogP contribution in [-0.2, 0) is 0 Å². The average Bonchev–Trinajstić information content (AvgIpc) is 2.35. The van der Waals surface area contributed by atoms with Crippen molar-refractivity contribution in [1.82, 2.24) is 14.9 Å². The molecule has 4 heteroatoms. The molecule has 1 aromatic heterocycles. The molecule has 1 aliphatic heterocycles. The van der Waals surface area contributed by atoms with Crippen LogP contribution in [0, 0.1) is 0 Å². The van der Waals surface area contributed by atoms with Crippen molar-refractivity contribution in [2.24, 2.45) is 5.73 Å². The zero-order valence-electron chi connectivity index (χ0n) is 11.0. The number of likely N-dealkylation sites (N-methyl/N-ethyl adjacent to an activating group) is 1. The number of piperidine rings is 1. The molecule has 98 valence electrons. The summed E-state index contributed by atoms with van der Waals surface area (Å²) in [5, 5.41) is 0. The summed E-state index contributed by atoms with van der Waals surface area (Å²) in [6, 6.07) is 2.45. The number of rotatable bonds is 2. The highest BCUT2D eigenvalue weighted by molar-refractivity contribution is 5.14. The SMILES string of the molecule is CN1CCCC(c2ccnc(C3CC(N)C3)n2)C1. The predicted molar refractivity (Wildman–Crippen MR) is 71.5 cm³/mol. The highest BCUT2D eigenvalue weighted by Gasteiger charge is 2.30. The van der Waals surface area contributed by atoms with Gasteiger partial charge in [-0.05, 0) is 45.3 Å². The lowest BCUT2D eigenvalue weighted by atomic mass is 9.80. The topological polar surface area (TPSA) is 55.0 Å². The molecule has 0 bridgehead atoms. The first-order valence-corrected chi connectivity index (χ1v) is 6.99. The first-order valence-electron chi connectivity index (χ1n) is 6.99. The minimum atomic E-state index is 0.364. The molecule has 1 aromatic rings. The van der Waals surface area contributed by atoms with E-state index >= 15 is 0 Å². The molecule has 1 saturated carbocycles. The van der Waals surface area contributed by atoms with Crippen LogP contribution in [0.4, 0.5) is 0 Å². The molecule has 0 radical (unpaired) electrons. The molecule has 2 fully saturated rings. The Morgan fingerprint density at radius 2 is 2.17 bits per heavy atom. The second-order valence-corrected chi connectivity index (χ2v) is 5.87. The molecule has 2 heterocycles. The number of hydrogen-bond donors (Lipinski definition) is 1. The van der Waals surface area contributed by atoms with Crippen LogP contribution < -0.4 is 5.73 Å². The molecule has 1 atom stereocenters. The fourth-order valence-corrected chi connectivity index (χ4v) is 3.09. The van der Waals surface area contributed by atoms with Crippen LogP contribution in [0.3, 0.4) is 0 Å². The smallest absolute Gasteiger partial charge is 0.131 e. The average molecular weight is 246 g/mol. The van der Waals surface area contributed by atoms with Gasteiger partial charge in [-0.1, -0.05) is 0 Å². The molecular formula is C14H22N4. The fraction of sp³-hybridized carbons (Fsp3) is 0.714. The van der Waals surface area contributed by atoms with Crippen LogP contribution >= 0.6 is 0 Å². The van der Waals surface area contributed by atoms with Crippen molar-refractivity contribution >= 4 is 0 Å². The molecule has 0 aromatic carbocycles. The molecule has 1 saturated heterocycles. The summed E-state index contributed by atoms with van der Waals surface area (Å²) >= 11 is 0. The second kappa shape index (κ2) is 4.94. The van der Waals surface area contributed by atoms with Gasteiger partial charge in [0.1, 0.15) is 5.82 Å². The van der Waals surface area contributed by atoms with Crippen LogP contribution in [0.25, 0.3) is 0 Å². The Hall–Kier alpha value is -1.00. The quantitative estimate of drug-likeness (QED) is 0.859. The van der Waals surface area contributed by atoms with Crippen LogP contribution in [0.5, 0.6) is 0 Å². The van der Waals surface area contributed by atoms with E-state index < -0.39 is 0 Å². The van der Waals surface area contributed by atoms with Gasteiger partial charge >= 0.3 is 0 Å². The molecule has 18 heavy (non-hydrogen) atoms. The van der Waals surface area contributed by atoms with Crippen molar-refractivity contribution in [2.75, 3.05) is 20.1 Å². The fourth-order valence-electron chi connectivity index (χ4n) is 3.09. The van der Waals surface area contributed by atoms with Crippen LogP contribution in [0.15, 0.2) is 12.3 Å². The van der Waals surface area contributed by atoms with E-state index in [9.17, 15) is 0 Å². The van der Waals surface area contributed by atoms with E-state index in [4.69, 9.17) is 10.7 Å². The minimum absolute atomic E-state index is 0.364. The lowest BCUT2D eigenvalue weighted by Gasteiger charge is -2.32. The maximum atomic E-state index is 5.84. The van der Waals surface area contributed by atoms with Crippen LogP contribution in [-0.4, -0.2) is 41.0 Å². The first kappa shape index (κ1) is 12.1. The Labute approximate surface area is 109 Å². The van der Waals surface area contributed by atoms with Gasteiger partial charge in [0.2, 0.25) is 0 Å². The highest BCUT2D eigenvalue weighted by Crippen LogP contribution is 2.34. The lowest BCUT2D eigenvalue weighted by Crippen LogP contribution is -2.36. The first-order chi connectivity index (χ1) is 8.72. The molecule has 4 nitrogen and oxygen atoms in total. The highest BCUT2D eigenvalue weighted by atomic mass is 15.1. The standard InChI is InChI=1S/C14H22N4/c1-18-6-2-3-10(9-18)13-4-5-16-14(17-13)11-7-12(15)8-11/h4-5,10-12H,2-3,6-9,15H2,1H3. The Bertz CT molecular complexity index is 414. The van der Waals surface area contributed by atoms with Gasteiger partial charge in [-0.15, -0.1) is 0 Å². The van der Waals surface area contributed by atoms with Gasteiger partial charge in [0, 0.05) is 36.3 Å². The number of hydrogen-bond acceptors (Lipinski definition) is 4. The zero-order chi connectivity index (χ0) is 12.5. The Morgan fingerprint density at radius 1 is 1.33 bits per heavy atom. The van der Waals surface area contributed by atoms with E-state index in [0.29, 0.717) is 17.9 Å². The van der Waals surface area contributed by atoms with Crippen molar-refractivity contribution in [1.29, 1.82) is 0 Å². The van der Waals surface area contributed by atoms with Gasteiger partial charge in [-0.25, -0.2) is 9.97 Å². The Morgan fingerprint density at radius 3 is 2.89 bits per heavy atom. The van der Waals surface area contributed by atoms with Gasteiger partial charge in [0.15, 0.2) is 0 Å². The summed E-state index contributed by atoms with van der Waals surface area (Å²) < 4.78 is 0. The molecule has 3 rings (SSSR count). The van der Waals surface area contributed by atoms with E-state index in [1.54, 1.807) is 0 Å². The third kappa shape index (κ3) is 2.40. The summed E-state index contributed by atoms with van der Waals surface area (Å²) in [5.41, 5.74) is 7.07. The summed E-state index contributed by atoms with van der Waals surface area (Å²) in [6.07, 6.45) is 6.55. The number of nitrogens with two attached hydrogens (primary N) is 1. The van der Waals surface area contributed by atoms with Gasteiger partial charge in [-0.2, -0.15) is 0 Å². The molecule has 2 N–H and O–H groups in total. The van der Waals surface area contributed by atoms with E-state index in [2.05, 4.69) is 23.0 Å². The minimum Gasteiger partial charge on any atom is -0.328 e. The summed E-state index contributed by atoms with van der Waals surface area (Å²) in [5.74, 6) is 2.10. The Kier molecular flexibility index (Phi) is 3.31. The second-order valence-electron chi connectivity index (χ2n) is 5.87. The third-order valence-corrected chi connectivity index (χ3v) is 4.28. The molecule has 0 spiro atoms. The molecule has 0 amide bonds. The van der Waals surface area contributed by atoms with Gasteiger partial charge in [0.05, 0.1) is 0 Å². The maximum absolute atomic E-state index is 5.84. The third-order valence-electron chi connectivity index (χ3n) is 4.28. The van der Waals surface area contributed by atoms with Crippen LogP contribution in [0.2, 0.25) is 0 Å². The summed E-state index contributed by atoms with van der Waals surface area (Å²) in [7, 11) is 2.19. The van der Waals surface area contributed by atoms with E-state index in [1.165, 1.54) is 25.1 Å². The normalized spacial score (nSPS) is 33.1. The molecule has 1 aliphatic carbocycles. The van der Waals surface area contributed by atoms with Crippen molar-refractivity contribution in [3.05, 3.63) is 23.8 Å². The van der Waals surface area contributed by atoms with Crippen molar-refractivity contribution in [2.45, 2.75) is 43.6 Å². The van der Waals surface area contributed by atoms with Crippen molar-refractivity contribution in [3.8, 4) is 0 Å². The monoisotopic (exact) mass is 246 g/mol. The van der Waals surface area contributed by atoms with Gasteiger partial charge in [0.25, 0.3) is 0 Å². The van der Waals surface area contributed by atoms with E-state index in [1.807, 2.05) is 6.20 Å². The lowest BCUT2D eigenvalue weighted by molar-refractivity contribution is 0.247. The predicted octanol–water partition coefficient (Wildman–Crippen LogP) is 1.49. The van der Waals surface area contributed by atoms with E-state index in [-0.39, 0.29) is 0 Å². The largest absolute Gasteiger partial charge is 0.328 e. The van der Waals surface area contributed by atoms with Crippen LogP contribution in [0.1, 0.15) is 49.0 Å². The van der Waals surface area contributed by atoms with Gasteiger partial charge < -0.3 is 10.6 Å². The van der Waals surface area contributed by atoms with Gasteiger partial charge in [-0.3, -0.25) is 0 Å². The van der Waals surface area contributed by atoms with Crippen molar-refractivity contribution < 1.29 is 0 Å². The van der Waals surface area contributed by atoms with Crippen molar-refractivity contribution in [3.63, 3.8) is 0 Å². The number of nitrogens with zero attached hydrogens (tertiary/aromatic N) is 3. The Balaban J connectivity index is 1.74. The number of likely N-dealkylation sites (tertiary alicyclic amines) is 1.